The zero-order chi connectivity index (χ0) is 10.8. The van der Waals surface area contributed by atoms with E-state index in [0.717, 1.165) is 26.9 Å². The highest BCUT2D eigenvalue weighted by Gasteiger charge is 2.08. The number of hydrogen-bond donors (Lipinski definition) is 1. The molecule has 0 aromatic carbocycles. The van der Waals surface area contributed by atoms with Crippen molar-refractivity contribution in [1.29, 1.82) is 0 Å². The van der Waals surface area contributed by atoms with Crippen LogP contribution in [-0.4, -0.2) is 9.97 Å². The Morgan fingerprint density at radius 2 is 2.33 bits per heavy atom. The van der Waals surface area contributed by atoms with Crippen LogP contribution in [0.25, 0.3) is 10.6 Å². The second kappa shape index (κ2) is 4.43. The van der Waals surface area contributed by atoms with Crippen LogP contribution in [0.1, 0.15) is 12.5 Å². The molecule has 2 aromatic heterocycles. The molecule has 2 rings (SSSR count). The Labute approximate surface area is 102 Å². The molecule has 2 heterocycles. The van der Waals surface area contributed by atoms with Gasteiger partial charge in [0.2, 0.25) is 0 Å². The van der Waals surface area contributed by atoms with Crippen LogP contribution in [0.15, 0.2) is 18.5 Å². The summed E-state index contributed by atoms with van der Waals surface area (Å²) in [6.45, 7) is 2.07. The molecule has 0 saturated carbocycles. The summed E-state index contributed by atoms with van der Waals surface area (Å²) in [5.74, 6) is 0. The average Bonchev–Trinajstić information content (AvgIpc) is 2.64. The summed E-state index contributed by atoms with van der Waals surface area (Å²) >= 11 is 12.6. The van der Waals surface area contributed by atoms with Crippen LogP contribution in [0.4, 0.5) is 0 Å². The van der Waals surface area contributed by atoms with E-state index in [1.54, 1.807) is 6.33 Å². The molecule has 2 nitrogen and oxygen atoms in total. The number of H-pyrrole nitrogens is 1. The first-order valence-corrected chi connectivity index (χ1v) is 6.15. The minimum Gasteiger partial charge on any atom is -0.345 e. The number of nitrogens with one attached hydrogen (secondary N) is 1. The number of nitrogens with zero attached hydrogens (tertiary/aromatic N) is 1. The van der Waals surface area contributed by atoms with Gasteiger partial charge in [-0.15, -0.1) is 11.3 Å². The van der Waals surface area contributed by atoms with Gasteiger partial charge < -0.3 is 4.98 Å². The van der Waals surface area contributed by atoms with Crippen LogP contribution in [0.3, 0.4) is 0 Å². The van der Waals surface area contributed by atoms with Gasteiger partial charge in [0, 0.05) is 5.56 Å². The lowest BCUT2D eigenvalue weighted by molar-refractivity contribution is 1.04. The summed E-state index contributed by atoms with van der Waals surface area (Å²) in [5, 5.41) is 0. The molecule has 0 atom stereocenters. The van der Waals surface area contributed by atoms with Crippen molar-refractivity contribution in [1.82, 2.24) is 9.97 Å². The third-order valence-electron chi connectivity index (χ3n) is 2.12. The van der Waals surface area contributed by atoms with Crippen molar-refractivity contribution in [3.05, 3.63) is 33.0 Å². The van der Waals surface area contributed by atoms with Gasteiger partial charge in [-0.1, -0.05) is 30.7 Å². The summed E-state index contributed by atoms with van der Waals surface area (Å²) in [5.41, 5.74) is 2.11. The molecule has 78 valence electrons. The molecule has 0 fully saturated rings. The van der Waals surface area contributed by atoms with E-state index in [4.69, 9.17) is 23.8 Å². The third kappa shape index (κ3) is 2.12. The minimum absolute atomic E-state index is 0.663. The molecular weight excluding hydrogens is 248 g/mol. The van der Waals surface area contributed by atoms with Crippen LogP contribution in [0.5, 0.6) is 0 Å². The molecule has 0 unspecified atom stereocenters. The maximum Gasteiger partial charge on any atom is 0.133 e. The largest absolute Gasteiger partial charge is 0.345 e. The number of thiophene rings is 1. The predicted octanol–water partition coefficient (Wildman–Crippen LogP) is 4.08. The molecule has 0 radical (unpaired) electrons. The first-order chi connectivity index (χ1) is 7.22. The quantitative estimate of drug-likeness (QED) is 0.820. The second-order valence-corrected chi connectivity index (χ2v) is 5.12. The number of aromatic amines is 1. The molecule has 0 aliphatic carbocycles. The lowest BCUT2D eigenvalue weighted by Gasteiger charge is -2.04. The van der Waals surface area contributed by atoms with Crippen LogP contribution in [0.2, 0.25) is 4.34 Å². The maximum absolute atomic E-state index is 5.91. The van der Waals surface area contributed by atoms with Crippen LogP contribution in [-0.2, 0) is 6.42 Å². The lowest BCUT2D eigenvalue weighted by atomic mass is 10.1. The third-order valence-corrected chi connectivity index (χ3v) is 3.72. The van der Waals surface area contributed by atoms with Gasteiger partial charge in [-0.05, 0) is 18.6 Å². The molecule has 0 aliphatic heterocycles. The van der Waals surface area contributed by atoms with E-state index in [2.05, 4.69) is 16.9 Å². The van der Waals surface area contributed by atoms with Gasteiger partial charge in [0.1, 0.15) is 4.64 Å². The van der Waals surface area contributed by atoms with E-state index < -0.39 is 0 Å². The number of rotatable bonds is 2. The Hall–Kier alpha value is -0.710. The van der Waals surface area contributed by atoms with Crippen molar-refractivity contribution < 1.29 is 0 Å². The summed E-state index contributed by atoms with van der Waals surface area (Å²) in [7, 11) is 0. The highest BCUT2D eigenvalue weighted by molar-refractivity contribution is 7.71. The van der Waals surface area contributed by atoms with Crippen LogP contribution < -0.4 is 0 Å². The monoisotopic (exact) mass is 256 g/mol. The molecule has 2 aromatic rings. The van der Waals surface area contributed by atoms with E-state index in [1.165, 1.54) is 11.3 Å². The Balaban J connectivity index is 2.62. The number of halogens is 1. The van der Waals surface area contributed by atoms with Gasteiger partial charge in [-0.2, -0.15) is 0 Å². The topological polar surface area (TPSA) is 28.7 Å². The molecule has 5 heteroatoms. The number of aromatic nitrogens is 2. The highest BCUT2D eigenvalue weighted by Crippen LogP contribution is 2.31. The van der Waals surface area contributed by atoms with Crippen molar-refractivity contribution in [2.45, 2.75) is 13.3 Å². The Morgan fingerprint density at radius 1 is 1.53 bits per heavy atom. The Kier molecular flexibility index (Phi) is 3.19. The van der Waals surface area contributed by atoms with Gasteiger partial charge in [-0.25, -0.2) is 4.98 Å². The van der Waals surface area contributed by atoms with Gasteiger partial charge >= 0.3 is 0 Å². The SMILES string of the molecule is CCc1c(-c2ccc(Cl)s2)[nH]cnc1=S. The van der Waals surface area contributed by atoms with Gasteiger partial charge in [-0.3, -0.25) is 0 Å². The maximum atomic E-state index is 5.91. The zero-order valence-corrected chi connectivity index (χ0v) is 10.5. The summed E-state index contributed by atoms with van der Waals surface area (Å²) < 4.78 is 1.44. The van der Waals surface area contributed by atoms with Crippen LogP contribution >= 0.6 is 35.2 Å². The Morgan fingerprint density at radius 3 is 2.93 bits per heavy atom. The van der Waals surface area contributed by atoms with Crippen molar-refractivity contribution >= 4 is 35.2 Å². The first kappa shape index (κ1) is 10.8. The number of hydrogen-bond acceptors (Lipinski definition) is 3. The van der Waals surface area contributed by atoms with E-state index >= 15 is 0 Å². The molecule has 0 bridgehead atoms. The van der Waals surface area contributed by atoms with Crippen molar-refractivity contribution in [2.24, 2.45) is 0 Å². The summed E-state index contributed by atoms with van der Waals surface area (Å²) in [6.07, 6.45) is 2.50. The fourth-order valence-electron chi connectivity index (χ4n) is 1.42. The average molecular weight is 257 g/mol. The molecule has 1 N–H and O–H groups in total. The second-order valence-electron chi connectivity index (χ2n) is 3.02. The smallest absolute Gasteiger partial charge is 0.133 e. The van der Waals surface area contributed by atoms with Crippen LogP contribution in [0, 0.1) is 4.64 Å². The molecule has 0 saturated heterocycles. The molecular formula is C10H9ClN2S2. The van der Waals surface area contributed by atoms with Crippen molar-refractivity contribution in [3.8, 4) is 10.6 Å². The molecule has 0 amide bonds. The predicted molar refractivity (Wildman–Crippen MR) is 67.1 cm³/mol. The van der Waals surface area contributed by atoms with Crippen molar-refractivity contribution in [2.75, 3.05) is 0 Å². The zero-order valence-electron chi connectivity index (χ0n) is 8.08. The summed E-state index contributed by atoms with van der Waals surface area (Å²) in [4.78, 5) is 8.31. The highest BCUT2D eigenvalue weighted by atomic mass is 35.5. The molecule has 15 heavy (non-hydrogen) atoms. The lowest BCUT2D eigenvalue weighted by Crippen LogP contribution is -1.93. The minimum atomic E-state index is 0.663. The van der Waals surface area contributed by atoms with E-state index in [-0.39, 0.29) is 0 Å². The first-order valence-electron chi connectivity index (χ1n) is 4.54. The molecule has 0 spiro atoms. The van der Waals surface area contributed by atoms with E-state index in [1.807, 2.05) is 12.1 Å². The van der Waals surface area contributed by atoms with E-state index in [0.29, 0.717) is 4.64 Å². The van der Waals surface area contributed by atoms with E-state index in [9.17, 15) is 0 Å². The normalized spacial score (nSPS) is 10.5. The van der Waals surface area contributed by atoms with Crippen molar-refractivity contribution in [3.63, 3.8) is 0 Å². The standard InChI is InChI=1S/C10H9ClN2S2/c1-2-6-9(12-5-13-10(6)14)7-3-4-8(11)15-7/h3-5H,2H2,1H3,(H,12,13,14). The summed E-state index contributed by atoms with van der Waals surface area (Å²) in [6, 6.07) is 3.88. The van der Waals surface area contributed by atoms with Gasteiger partial charge in [0.15, 0.2) is 0 Å². The van der Waals surface area contributed by atoms with Gasteiger partial charge in [0.25, 0.3) is 0 Å². The fourth-order valence-corrected chi connectivity index (χ4v) is 2.80. The van der Waals surface area contributed by atoms with Gasteiger partial charge in [0.05, 0.1) is 21.2 Å². The molecule has 0 aliphatic rings. The fraction of sp³-hybridized carbons (Fsp3) is 0.200. The Bertz CT molecular complexity index is 530.